The molecule has 2 atom stereocenters. The van der Waals surface area contributed by atoms with Crippen LogP contribution in [0.5, 0.6) is 0 Å². The van der Waals surface area contributed by atoms with Crippen LogP contribution in [-0.2, 0) is 17.6 Å². The Kier molecular flexibility index (Phi) is 5.27. The Balaban J connectivity index is 1.55. The maximum atomic E-state index is 11.6. The molecule has 3 rings (SSSR count). The third kappa shape index (κ3) is 4.21. The second-order valence-electron chi connectivity index (χ2n) is 5.72. The van der Waals surface area contributed by atoms with Crippen molar-refractivity contribution in [2.75, 3.05) is 0 Å². The fourth-order valence-corrected chi connectivity index (χ4v) is 3.45. The van der Waals surface area contributed by atoms with E-state index < -0.39 is 11.4 Å². The standard InChI is InChI=1S/C18H18N2O3S/c21-15(9-7-12-4-2-1-3-5-12)14-8-6-13(11-19-14)10-16-17(22)20-18(23)24-16/h1-6,8,11,15-16,21H,7,9-10H2,(H,20,22,23). The Morgan fingerprint density at radius 2 is 1.92 bits per heavy atom. The summed E-state index contributed by atoms with van der Waals surface area (Å²) in [5.41, 5.74) is 2.67. The van der Waals surface area contributed by atoms with Crippen molar-refractivity contribution in [2.24, 2.45) is 0 Å². The normalized spacial score (nSPS) is 18.5. The number of aryl methyl sites for hydroxylation is 1. The first-order chi connectivity index (χ1) is 11.6. The summed E-state index contributed by atoms with van der Waals surface area (Å²) in [6.45, 7) is 0. The highest BCUT2D eigenvalue weighted by atomic mass is 32.2. The number of aliphatic hydroxyl groups excluding tert-OH is 1. The first-order valence-corrected chi connectivity index (χ1v) is 8.68. The van der Waals surface area contributed by atoms with Gasteiger partial charge in [-0.3, -0.25) is 19.9 Å². The Bertz CT molecular complexity index is 719. The molecule has 2 heterocycles. The average Bonchev–Trinajstić information content (AvgIpc) is 2.91. The lowest BCUT2D eigenvalue weighted by Crippen LogP contribution is -2.25. The number of pyridine rings is 1. The molecule has 1 aliphatic rings. The van der Waals surface area contributed by atoms with Crippen molar-refractivity contribution in [2.45, 2.75) is 30.6 Å². The third-order valence-electron chi connectivity index (χ3n) is 3.93. The highest BCUT2D eigenvalue weighted by Crippen LogP contribution is 2.23. The van der Waals surface area contributed by atoms with Crippen LogP contribution in [0.4, 0.5) is 4.79 Å². The Morgan fingerprint density at radius 3 is 2.54 bits per heavy atom. The minimum Gasteiger partial charge on any atom is -0.387 e. The minimum absolute atomic E-state index is 0.253. The maximum Gasteiger partial charge on any atom is 0.286 e. The van der Waals surface area contributed by atoms with Gasteiger partial charge in [-0.1, -0.05) is 48.2 Å². The van der Waals surface area contributed by atoms with Crippen LogP contribution in [0.25, 0.3) is 0 Å². The molecule has 0 saturated carbocycles. The molecular formula is C18H18N2O3S. The van der Waals surface area contributed by atoms with E-state index in [9.17, 15) is 14.7 Å². The van der Waals surface area contributed by atoms with Crippen molar-refractivity contribution in [3.63, 3.8) is 0 Å². The number of hydrogen-bond acceptors (Lipinski definition) is 5. The van der Waals surface area contributed by atoms with Crippen LogP contribution in [0, 0.1) is 0 Å². The monoisotopic (exact) mass is 342 g/mol. The van der Waals surface area contributed by atoms with Gasteiger partial charge in [0.15, 0.2) is 0 Å². The molecule has 2 unspecified atom stereocenters. The summed E-state index contributed by atoms with van der Waals surface area (Å²) in [6, 6.07) is 13.6. The molecule has 1 aromatic heterocycles. The van der Waals surface area contributed by atoms with E-state index in [0.29, 0.717) is 18.5 Å². The van der Waals surface area contributed by atoms with E-state index in [1.165, 1.54) is 5.56 Å². The molecule has 2 aromatic rings. The van der Waals surface area contributed by atoms with E-state index in [1.807, 2.05) is 36.4 Å². The third-order valence-corrected chi connectivity index (χ3v) is 4.91. The molecule has 1 aromatic carbocycles. The number of thioether (sulfide) groups is 1. The van der Waals surface area contributed by atoms with E-state index in [4.69, 9.17) is 0 Å². The Hall–Kier alpha value is -2.18. The van der Waals surface area contributed by atoms with Gasteiger partial charge in [0.05, 0.1) is 17.0 Å². The fraction of sp³-hybridized carbons (Fsp3) is 0.278. The molecule has 0 aliphatic carbocycles. The number of aromatic nitrogens is 1. The second kappa shape index (κ2) is 7.59. The number of carbonyl (C=O) groups is 2. The number of hydrogen-bond donors (Lipinski definition) is 2. The predicted octanol–water partition coefficient (Wildman–Crippen LogP) is 2.64. The Labute approximate surface area is 144 Å². The van der Waals surface area contributed by atoms with E-state index >= 15 is 0 Å². The predicted molar refractivity (Wildman–Crippen MR) is 92.6 cm³/mol. The molecule has 6 heteroatoms. The summed E-state index contributed by atoms with van der Waals surface area (Å²) in [5, 5.41) is 11.8. The molecule has 0 spiro atoms. The van der Waals surface area contributed by atoms with Gasteiger partial charge in [0.1, 0.15) is 0 Å². The highest BCUT2D eigenvalue weighted by Gasteiger charge is 2.31. The molecule has 0 radical (unpaired) electrons. The SMILES string of the molecule is O=C1NC(=O)C(Cc2ccc(C(O)CCc3ccccc3)nc2)S1. The molecule has 24 heavy (non-hydrogen) atoms. The van der Waals surface area contributed by atoms with Crippen LogP contribution in [0.1, 0.15) is 29.3 Å². The number of rotatable bonds is 6. The highest BCUT2D eigenvalue weighted by molar-refractivity contribution is 8.15. The summed E-state index contributed by atoms with van der Waals surface area (Å²) in [5.74, 6) is -0.253. The van der Waals surface area contributed by atoms with Crippen LogP contribution in [0.3, 0.4) is 0 Å². The lowest BCUT2D eigenvalue weighted by atomic mass is 10.0. The molecule has 124 valence electrons. The van der Waals surface area contributed by atoms with Crippen LogP contribution >= 0.6 is 11.8 Å². The number of imide groups is 1. The zero-order valence-electron chi connectivity index (χ0n) is 13.0. The zero-order chi connectivity index (χ0) is 16.9. The van der Waals surface area contributed by atoms with E-state index in [1.54, 1.807) is 12.3 Å². The largest absolute Gasteiger partial charge is 0.387 e. The summed E-state index contributed by atoms with van der Waals surface area (Å²) >= 11 is 1.01. The number of benzene rings is 1. The molecule has 2 amide bonds. The van der Waals surface area contributed by atoms with Gasteiger partial charge >= 0.3 is 0 Å². The zero-order valence-corrected chi connectivity index (χ0v) is 13.8. The van der Waals surface area contributed by atoms with Crippen LogP contribution < -0.4 is 5.32 Å². The van der Waals surface area contributed by atoms with Gasteiger partial charge in [-0.15, -0.1) is 0 Å². The lowest BCUT2D eigenvalue weighted by Gasteiger charge is -2.11. The number of amides is 2. The molecule has 2 N–H and O–H groups in total. The minimum atomic E-state index is -0.620. The summed E-state index contributed by atoms with van der Waals surface area (Å²) in [7, 11) is 0. The molecular weight excluding hydrogens is 324 g/mol. The van der Waals surface area contributed by atoms with Gasteiger partial charge in [0.25, 0.3) is 5.24 Å². The number of aliphatic hydroxyl groups is 1. The fourth-order valence-electron chi connectivity index (χ4n) is 2.59. The topological polar surface area (TPSA) is 79.3 Å². The van der Waals surface area contributed by atoms with E-state index in [-0.39, 0.29) is 11.1 Å². The van der Waals surface area contributed by atoms with Crippen molar-refractivity contribution >= 4 is 22.9 Å². The smallest absolute Gasteiger partial charge is 0.286 e. The number of carbonyl (C=O) groups excluding carboxylic acids is 2. The van der Waals surface area contributed by atoms with Crippen molar-refractivity contribution in [3.05, 3.63) is 65.5 Å². The first kappa shape index (κ1) is 16.7. The second-order valence-corrected chi connectivity index (χ2v) is 6.89. The quantitative estimate of drug-likeness (QED) is 0.844. The van der Waals surface area contributed by atoms with Crippen molar-refractivity contribution in [1.29, 1.82) is 0 Å². The van der Waals surface area contributed by atoms with Gasteiger partial charge < -0.3 is 5.11 Å². The molecule has 1 fully saturated rings. The molecule has 1 saturated heterocycles. The van der Waals surface area contributed by atoms with Crippen LogP contribution in [0.2, 0.25) is 0 Å². The Morgan fingerprint density at radius 1 is 1.12 bits per heavy atom. The summed E-state index contributed by atoms with van der Waals surface area (Å²) in [6.07, 6.45) is 2.89. The molecule has 0 bridgehead atoms. The van der Waals surface area contributed by atoms with Crippen LogP contribution in [0.15, 0.2) is 48.7 Å². The van der Waals surface area contributed by atoms with Gasteiger partial charge in [-0.25, -0.2) is 0 Å². The maximum absolute atomic E-state index is 11.6. The van der Waals surface area contributed by atoms with Gasteiger partial charge in [0, 0.05) is 6.20 Å². The van der Waals surface area contributed by atoms with Crippen molar-refractivity contribution in [3.8, 4) is 0 Å². The van der Waals surface area contributed by atoms with Crippen LogP contribution in [-0.4, -0.2) is 26.5 Å². The lowest BCUT2D eigenvalue weighted by molar-refractivity contribution is -0.118. The molecule has 1 aliphatic heterocycles. The molecule has 5 nitrogen and oxygen atoms in total. The summed E-state index contributed by atoms with van der Waals surface area (Å²) in [4.78, 5) is 27.0. The first-order valence-electron chi connectivity index (χ1n) is 7.80. The van der Waals surface area contributed by atoms with Crippen molar-refractivity contribution in [1.82, 2.24) is 10.3 Å². The van der Waals surface area contributed by atoms with Crippen molar-refractivity contribution < 1.29 is 14.7 Å². The van der Waals surface area contributed by atoms with E-state index in [0.717, 1.165) is 23.7 Å². The van der Waals surface area contributed by atoms with Gasteiger partial charge in [-0.2, -0.15) is 0 Å². The van der Waals surface area contributed by atoms with E-state index in [2.05, 4.69) is 10.3 Å². The average molecular weight is 342 g/mol. The van der Waals surface area contributed by atoms with Gasteiger partial charge in [-0.05, 0) is 36.5 Å². The van der Waals surface area contributed by atoms with Gasteiger partial charge in [0.2, 0.25) is 5.91 Å². The number of nitrogens with one attached hydrogen (secondary N) is 1. The summed E-state index contributed by atoms with van der Waals surface area (Å²) < 4.78 is 0. The number of nitrogens with zero attached hydrogens (tertiary/aromatic N) is 1.